The van der Waals surface area contributed by atoms with Gasteiger partial charge in [0.25, 0.3) is 0 Å². The zero-order chi connectivity index (χ0) is 7.78. The van der Waals surface area contributed by atoms with Crippen LogP contribution in [0.1, 0.15) is 13.8 Å². The highest BCUT2D eigenvalue weighted by molar-refractivity contribution is 4.87. The molecular weight excluding hydrogens is 126 g/mol. The van der Waals surface area contributed by atoms with Gasteiger partial charge in [-0.05, 0) is 5.41 Å². The molecule has 1 fully saturated rings. The van der Waals surface area contributed by atoms with Crippen LogP contribution in [-0.4, -0.2) is 31.2 Å². The molecule has 1 heterocycles. The zero-order valence-corrected chi connectivity index (χ0v) is 7.02. The largest absolute Gasteiger partial charge is 0.326 e. The maximum atomic E-state index is 5.92. The van der Waals surface area contributed by atoms with E-state index < -0.39 is 0 Å². The summed E-state index contributed by atoms with van der Waals surface area (Å²) in [4.78, 5) is 0. The Morgan fingerprint density at radius 1 is 1.60 bits per heavy atom. The molecule has 0 bridgehead atoms. The second-order valence-electron chi connectivity index (χ2n) is 3.81. The lowest BCUT2D eigenvalue weighted by molar-refractivity contribution is 0.0835. The third-order valence-electron chi connectivity index (χ3n) is 2.28. The molecule has 0 aromatic carbocycles. The van der Waals surface area contributed by atoms with Crippen molar-refractivity contribution in [1.29, 1.82) is 0 Å². The van der Waals surface area contributed by atoms with Crippen LogP contribution < -0.4 is 11.2 Å². The summed E-state index contributed by atoms with van der Waals surface area (Å²) in [6, 6.07) is 0.291. The summed E-state index contributed by atoms with van der Waals surface area (Å²) in [6.45, 7) is 6.30. The molecule has 3 nitrogen and oxygen atoms in total. The Morgan fingerprint density at radius 2 is 2.20 bits per heavy atom. The molecule has 60 valence electrons. The van der Waals surface area contributed by atoms with Crippen LogP contribution in [0, 0.1) is 5.41 Å². The average molecular weight is 143 g/mol. The van der Waals surface area contributed by atoms with Crippen molar-refractivity contribution >= 4 is 0 Å². The van der Waals surface area contributed by atoms with Crippen molar-refractivity contribution in [2.75, 3.05) is 20.1 Å². The molecule has 3 N–H and O–H groups in total. The number of nitrogens with two attached hydrogens (primary N) is 1. The molecular formula is C7H17N3. The number of rotatable bonds is 0. The van der Waals surface area contributed by atoms with E-state index in [2.05, 4.69) is 24.3 Å². The minimum atomic E-state index is 0.243. The molecule has 0 radical (unpaired) electrons. The van der Waals surface area contributed by atoms with Crippen molar-refractivity contribution < 1.29 is 0 Å². The summed E-state index contributed by atoms with van der Waals surface area (Å²) in [6.07, 6.45) is 0. The van der Waals surface area contributed by atoms with Gasteiger partial charge in [-0.25, -0.2) is 5.01 Å². The highest BCUT2D eigenvalue weighted by Gasteiger charge is 2.31. The lowest BCUT2D eigenvalue weighted by Gasteiger charge is -2.41. The molecule has 1 saturated heterocycles. The predicted molar refractivity (Wildman–Crippen MR) is 42.4 cm³/mol. The molecule has 3 heteroatoms. The maximum Gasteiger partial charge on any atom is 0.0285 e. The molecule has 0 aliphatic carbocycles. The van der Waals surface area contributed by atoms with E-state index in [9.17, 15) is 0 Å². The highest BCUT2D eigenvalue weighted by Crippen LogP contribution is 2.20. The highest BCUT2D eigenvalue weighted by atomic mass is 15.5. The Morgan fingerprint density at radius 3 is 2.60 bits per heavy atom. The summed E-state index contributed by atoms with van der Waals surface area (Å²) in [7, 11) is 2.02. The Kier molecular flexibility index (Phi) is 1.99. The summed E-state index contributed by atoms with van der Waals surface area (Å²) < 4.78 is 0. The number of likely N-dealkylation sites (N-methyl/N-ethyl adjacent to an activating group) is 1. The first-order valence-corrected chi connectivity index (χ1v) is 3.72. The second-order valence-corrected chi connectivity index (χ2v) is 3.81. The SMILES string of the molecule is CN1CC(N)C(C)(C)CN1. The fraction of sp³-hybridized carbons (Fsp3) is 1.00. The molecule has 0 spiro atoms. The van der Waals surface area contributed by atoms with Gasteiger partial charge < -0.3 is 5.73 Å². The number of nitrogens with one attached hydrogen (secondary N) is 1. The quantitative estimate of drug-likeness (QED) is 0.493. The monoisotopic (exact) mass is 143 g/mol. The lowest BCUT2D eigenvalue weighted by Crippen LogP contribution is -2.59. The number of hydrazine groups is 1. The molecule has 10 heavy (non-hydrogen) atoms. The first-order valence-electron chi connectivity index (χ1n) is 3.72. The van der Waals surface area contributed by atoms with Crippen molar-refractivity contribution in [3.8, 4) is 0 Å². The van der Waals surface area contributed by atoms with Gasteiger partial charge in [-0.15, -0.1) is 0 Å². The van der Waals surface area contributed by atoms with Gasteiger partial charge in [0.05, 0.1) is 0 Å². The molecule has 1 unspecified atom stereocenters. The number of nitrogens with zero attached hydrogens (tertiary/aromatic N) is 1. The van der Waals surface area contributed by atoms with Crippen LogP contribution in [0.2, 0.25) is 0 Å². The van der Waals surface area contributed by atoms with Crippen LogP contribution >= 0.6 is 0 Å². The number of hydrogen-bond acceptors (Lipinski definition) is 3. The molecule has 0 aromatic rings. The van der Waals surface area contributed by atoms with Gasteiger partial charge in [0, 0.05) is 26.2 Å². The van der Waals surface area contributed by atoms with Crippen molar-refractivity contribution in [2.24, 2.45) is 11.1 Å². The Bertz CT molecular complexity index is 122. The fourth-order valence-corrected chi connectivity index (χ4v) is 1.08. The summed E-state index contributed by atoms with van der Waals surface area (Å²) in [5.41, 5.74) is 9.42. The van der Waals surface area contributed by atoms with Crippen LogP contribution in [0.5, 0.6) is 0 Å². The maximum absolute atomic E-state index is 5.92. The van der Waals surface area contributed by atoms with E-state index in [1.807, 2.05) is 7.05 Å². The van der Waals surface area contributed by atoms with Crippen LogP contribution in [0.25, 0.3) is 0 Å². The summed E-state index contributed by atoms with van der Waals surface area (Å²) in [5, 5.41) is 2.05. The fourth-order valence-electron chi connectivity index (χ4n) is 1.08. The molecule has 0 aromatic heterocycles. The van der Waals surface area contributed by atoms with Gasteiger partial charge in [-0.3, -0.25) is 5.43 Å². The van der Waals surface area contributed by atoms with Crippen molar-refractivity contribution in [2.45, 2.75) is 19.9 Å². The normalized spacial score (nSPS) is 34.2. The third kappa shape index (κ3) is 1.48. The van der Waals surface area contributed by atoms with E-state index in [4.69, 9.17) is 5.73 Å². The zero-order valence-electron chi connectivity index (χ0n) is 7.02. The van der Waals surface area contributed by atoms with Gasteiger partial charge in [0.1, 0.15) is 0 Å². The Labute approximate surface area is 62.5 Å². The topological polar surface area (TPSA) is 41.3 Å². The van der Waals surface area contributed by atoms with E-state index in [1.165, 1.54) is 0 Å². The van der Waals surface area contributed by atoms with Crippen LogP contribution in [0.4, 0.5) is 0 Å². The Hall–Kier alpha value is -0.120. The van der Waals surface area contributed by atoms with E-state index >= 15 is 0 Å². The minimum absolute atomic E-state index is 0.243. The smallest absolute Gasteiger partial charge is 0.0285 e. The second kappa shape index (κ2) is 2.49. The van der Waals surface area contributed by atoms with Gasteiger partial charge >= 0.3 is 0 Å². The molecule has 1 atom stereocenters. The first-order chi connectivity index (χ1) is 4.52. The number of hydrogen-bond donors (Lipinski definition) is 2. The minimum Gasteiger partial charge on any atom is -0.326 e. The van der Waals surface area contributed by atoms with Gasteiger partial charge in [-0.1, -0.05) is 13.8 Å². The van der Waals surface area contributed by atoms with Gasteiger partial charge in [0.2, 0.25) is 0 Å². The van der Waals surface area contributed by atoms with Crippen molar-refractivity contribution in [3.05, 3.63) is 0 Å². The Balaban J connectivity index is 2.52. The molecule has 1 rings (SSSR count). The molecule has 0 amide bonds. The lowest BCUT2D eigenvalue weighted by atomic mass is 9.84. The van der Waals surface area contributed by atoms with E-state index in [1.54, 1.807) is 0 Å². The van der Waals surface area contributed by atoms with Crippen molar-refractivity contribution in [3.63, 3.8) is 0 Å². The van der Waals surface area contributed by atoms with Crippen molar-refractivity contribution in [1.82, 2.24) is 10.4 Å². The van der Waals surface area contributed by atoms with Crippen LogP contribution in [0.3, 0.4) is 0 Å². The third-order valence-corrected chi connectivity index (χ3v) is 2.28. The summed E-state index contributed by atoms with van der Waals surface area (Å²) in [5.74, 6) is 0. The van der Waals surface area contributed by atoms with E-state index in [0.29, 0.717) is 6.04 Å². The summed E-state index contributed by atoms with van der Waals surface area (Å²) >= 11 is 0. The molecule has 0 saturated carbocycles. The molecule has 1 aliphatic rings. The standard InChI is InChI=1S/C7H17N3/c1-7(2)5-9-10(3)4-6(7)8/h6,9H,4-5,8H2,1-3H3. The first kappa shape index (κ1) is 7.98. The average Bonchev–Trinajstić information content (AvgIpc) is 1.81. The van der Waals surface area contributed by atoms with E-state index in [0.717, 1.165) is 13.1 Å². The molecule has 1 aliphatic heterocycles. The van der Waals surface area contributed by atoms with Crippen LogP contribution in [0.15, 0.2) is 0 Å². The van der Waals surface area contributed by atoms with Gasteiger partial charge in [-0.2, -0.15) is 0 Å². The van der Waals surface area contributed by atoms with Gasteiger partial charge in [0.15, 0.2) is 0 Å². The predicted octanol–water partition coefficient (Wildman–Crippen LogP) is -0.210. The van der Waals surface area contributed by atoms with Crippen LogP contribution in [-0.2, 0) is 0 Å². The van der Waals surface area contributed by atoms with E-state index in [-0.39, 0.29) is 5.41 Å².